The van der Waals surface area contributed by atoms with Gasteiger partial charge >= 0.3 is 0 Å². The molecule has 1 heterocycles. The van der Waals surface area contributed by atoms with Gasteiger partial charge in [0.05, 0.1) is 17.0 Å². The number of nitriles is 1. The average Bonchev–Trinajstić information content (AvgIpc) is 2.85. The van der Waals surface area contributed by atoms with Crippen molar-refractivity contribution < 1.29 is 4.79 Å². The van der Waals surface area contributed by atoms with Crippen LogP contribution >= 0.6 is 0 Å². The highest BCUT2D eigenvalue weighted by Crippen LogP contribution is 2.29. The summed E-state index contributed by atoms with van der Waals surface area (Å²) in [5.74, 6) is 0.122. The third-order valence-electron chi connectivity index (χ3n) is 3.57. The van der Waals surface area contributed by atoms with Crippen LogP contribution in [0.25, 0.3) is 0 Å². The van der Waals surface area contributed by atoms with Gasteiger partial charge in [-0.1, -0.05) is 0 Å². The lowest BCUT2D eigenvalue weighted by Crippen LogP contribution is -2.41. The highest BCUT2D eigenvalue weighted by molar-refractivity contribution is 5.97. The first-order valence-electron chi connectivity index (χ1n) is 6.06. The quantitative estimate of drug-likeness (QED) is 0.856. The molecule has 0 aromatic heterocycles. The molecular weight excluding hydrogens is 226 g/mol. The molecule has 0 aliphatic carbocycles. The van der Waals surface area contributed by atoms with Crippen LogP contribution in [0.5, 0.6) is 0 Å². The summed E-state index contributed by atoms with van der Waals surface area (Å²) < 4.78 is 0. The standard InChI is InChI=1S/C14H17N3O/c1-14(7-8-16-10-14)13(18)17(2)12-5-3-11(9-15)4-6-12/h3-6,16H,7-8,10H2,1-2H3. The second kappa shape index (κ2) is 4.79. The average molecular weight is 243 g/mol. The van der Waals surface area contributed by atoms with E-state index in [2.05, 4.69) is 11.4 Å². The maximum atomic E-state index is 12.4. The van der Waals surface area contributed by atoms with Crippen molar-refractivity contribution in [2.45, 2.75) is 13.3 Å². The van der Waals surface area contributed by atoms with E-state index in [1.54, 1.807) is 24.1 Å². The van der Waals surface area contributed by atoms with Crippen molar-refractivity contribution >= 4 is 11.6 Å². The molecule has 0 spiro atoms. The van der Waals surface area contributed by atoms with Gasteiger partial charge in [-0.05, 0) is 44.2 Å². The first-order valence-corrected chi connectivity index (χ1v) is 6.06. The van der Waals surface area contributed by atoms with E-state index in [-0.39, 0.29) is 11.3 Å². The van der Waals surface area contributed by atoms with Gasteiger partial charge in [0.25, 0.3) is 0 Å². The fraction of sp³-hybridized carbons (Fsp3) is 0.429. The largest absolute Gasteiger partial charge is 0.316 e. The zero-order valence-corrected chi connectivity index (χ0v) is 10.7. The Bertz CT molecular complexity index is 481. The van der Waals surface area contributed by atoms with Gasteiger partial charge in [0.2, 0.25) is 5.91 Å². The number of nitrogens with one attached hydrogen (secondary N) is 1. The number of rotatable bonds is 2. The van der Waals surface area contributed by atoms with E-state index in [0.29, 0.717) is 5.56 Å². The summed E-state index contributed by atoms with van der Waals surface area (Å²) in [6, 6.07) is 9.15. The van der Waals surface area contributed by atoms with Gasteiger partial charge in [-0.3, -0.25) is 4.79 Å². The van der Waals surface area contributed by atoms with Crippen molar-refractivity contribution in [3.8, 4) is 6.07 Å². The third-order valence-corrected chi connectivity index (χ3v) is 3.57. The topological polar surface area (TPSA) is 56.1 Å². The SMILES string of the molecule is CN(C(=O)C1(C)CCNC1)c1ccc(C#N)cc1. The van der Waals surface area contributed by atoms with E-state index in [1.165, 1.54) is 0 Å². The Morgan fingerprint density at radius 2 is 2.11 bits per heavy atom. The lowest BCUT2D eigenvalue weighted by Gasteiger charge is -2.28. The molecule has 1 unspecified atom stereocenters. The van der Waals surface area contributed by atoms with Gasteiger partial charge in [-0.2, -0.15) is 5.26 Å². The van der Waals surface area contributed by atoms with Crippen molar-refractivity contribution in [2.24, 2.45) is 5.41 Å². The van der Waals surface area contributed by atoms with Crippen molar-refractivity contribution in [2.75, 3.05) is 25.0 Å². The maximum Gasteiger partial charge on any atom is 0.233 e. The molecule has 0 radical (unpaired) electrons. The van der Waals surface area contributed by atoms with E-state index in [9.17, 15) is 4.79 Å². The zero-order chi connectivity index (χ0) is 13.2. The van der Waals surface area contributed by atoms with E-state index in [1.807, 2.05) is 19.1 Å². The predicted octanol–water partition coefficient (Wildman–Crippen LogP) is 1.52. The van der Waals surface area contributed by atoms with Gasteiger partial charge in [0.1, 0.15) is 0 Å². The van der Waals surface area contributed by atoms with Crippen LogP contribution in [-0.2, 0) is 4.79 Å². The Kier molecular flexibility index (Phi) is 3.35. The van der Waals surface area contributed by atoms with E-state index in [0.717, 1.165) is 25.2 Å². The fourth-order valence-electron chi connectivity index (χ4n) is 2.28. The number of benzene rings is 1. The molecule has 1 atom stereocenters. The van der Waals surface area contributed by atoms with Gasteiger partial charge in [-0.15, -0.1) is 0 Å². The van der Waals surface area contributed by atoms with E-state index in [4.69, 9.17) is 5.26 Å². The molecule has 0 saturated carbocycles. The molecule has 1 aliphatic rings. The van der Waals surface area contributed by atoms with Crippen molar-refractivity contribution in [1.29, 1.82) is 5.26 Å². The highest BCUT2D eigenvalue weighted by atomic mass is 16.2. The molecule has 4 nitrogen and oxygen atoms in total. The molecule has 1 aromatic carbocycles. The summed E-state index contributed by atoms with van der Waals surface area (Å²) in [6.07, 6.45) is 0.868. The molecule has 4 heteroatoms. The van der Waals surface area contributed by atoms with Gasteiger partial charge < -0.3 is 10.2 Å². The molecule has 0 bridgehead atoms. The fourth-order valence-corrected chi connectivity index (χ4v) is 2.28. The summed E-state index contributed by atoms with van der Waals surface area (Å²) in [6.45, 7) is 3.62. The van der Waals surface area contributed by atoms with Crippen LogP contribution in [0, 0.1) is 16.7 Å². The molecule has 1 aromatic rings. The second-order valence-corrected chi connectivity index (χ2v) is 5.01. The molecule has 1 saturated heterocycles. The molecule has 1 aliphatic heterocycles. The molecular formula is C14H17N3O. The summed E-state index contributed by atoms with van der Waals surface area (Å²) >= 11 is 0. The summed E-state index contributed by atoms with van der Waals surface area (Å²) in [5, 5.41) is 12.0. The number of nitrogens with zero attached hydrogens (tertiary/aromatic N) is 2. The van der Waals surface area contributed by atoms with Crippen molar-refractivity contribution in [1.82, 2.24) is 5.32 Å². The van der Waals surface area contributed by atoms with Crippen LogP contribution in [-0.4, -0.2) is 26.0 Å². The minimum absolute atomic E-state index is 0.122. The lowest BCUT2D eigenvalue weighted by atomic mass is 9.88. The second-order valence-electron chi connectivity index (χ2n) is 5.01. The van der Waals surface area contributed by atoms with Gasteiger partial charge in [0.15, 0.2) is 0 Å². The van der Waals surface area contributed by atoms with E-state index < -0.39 is 0 Å². The monoisotopic (exact) mass is 243 g/mol. The Morgan fingerprint density at radius 1 is 1.44 bits per heavy atom. The minimum Gasteiger partial charge on any atom is -0.316 e. The molecule has 18 heavy (non-hydrogen) atoms. The van der Waals surface area contributed by atoms with Crippen LogP contribution in [0.3, 0.4) is 0 Å². The minimum atomic E-state index is -0.317. The normalized spacial score (nSPS) is 22.5. The van der Waals surface area contributed by atoms with Gasteiger partial charge in [-0.25, -0.2) is 0 Å². The van der Waals surface area contributed by atoms with Crippen LogP contribution in [0.15, 0.2) is 24.3 Å². The van der Waals surface area contributed by atoms with Crippen molar-refractivity contribution in [3.05, 3.63) is 29.8 Å². The van der Waals surface area contributed by atoms with Crippen LogP contribution < -0.4 is 10.2 Å². The molecule has 94 valence electrons. The van der Waals surface area contributed by atoms with Gasteiger partial charge in [0, 0.05) is 19.3 Å². The molecule has 1 fully saturated rings. The first-order chi connectivity index (χ1) is 8.57. The predicted molar refractivity (Wildman–Crippen MR) is 70.2 cm³/mol. The molecule has 1 N–H and O–H groups in total. The Balaban J connectivity index is 2.17. The maximum absolute atomic E-state index is 12.4. The van der Waals surface area contributed by atoms with Crippen LogP contribution in [0.2, 0.25) is 0 Å². The Labute approximate surface area is 107 Å². The lowest BCUT2D eigenvalue weighted by molar-refractivity contribution is -0.126. The third kappa shape index (κ3) is 2.22. The van der Waals surface area contributed by atoms with E-state index >= 15 is 0 Å². The number of hydrogen-bond acceptors (Lipinski definition) is 3. The molecule has 1 amide bonds. The van der Waals surface area contributed by atoms with Crippen LogP contribution in [0.4, 0.5) is 5.69 Å². The first kappa shape index (κ1) is 12.6. The summed E-state index contributed by atoms with van der Waals surface area (Å²) in [5.41, 5.74) is 1.11. The highest BCUT2D eigenvalue weighted by Gasteiger charge is 2.38. The molecule has 2 rings (SSSR count). The summed E-state index contributed by atoms with van der Waals surface area (Å²) in [7, 11) is 1.79. The number of amides is 1. The van der Waals surface area contributed by atoms with Crippen molar-refractivity contribution in [3.63, 3.8) is 0 Å². The number of carbonyl (C=O) groups is 1. The number of carbonyl (C=O) groups excluding carboxylic acids is 1. The number of anilines is 1. The smallest absolute Gasteiger partial charge is 0.233 e. The zero-order valence-electron chi connectivity index (χ0n) is 10.7. The number of hydrogen-bond donors (Lipinski definition) is 1. The van der Waals surface area contributed by atoms with Crippen LogP contribution in [0.1, 0.15) is 18.9 Å². The Morgan fingerprint density at radius 3 is 2.61 bits per heavy atom. The Hall–Kier alpha value is -1.86. The summed E-state index contributed by atoms with van der Waals surface area (Å²) in [4.78, 5) is 14.1.